The van der Waals surface area contributed by atoms with Crippen LogP contribution in [0, 0.1) is 0 Å². The summed E-state index contributed by atoms with van der Waals surface area (Å²) in [6, 6.07) is 10.3. The minimum atomic E-state index is -4.35. The summed E-state index contributed by atoms with van der Waals surface area (Å²) in [5.74, 6) is 1.08. The fourth-order valence-electron chi connectivity index (χ4n) is 2.31. The fourth-order valence-corrected chi connectivity index (χ4v) is 2.31. The summed E-state index contributed by atoms with van der Waals surface area (Å²) in [6.45, 7) is 6.10. The molecule has 3 aromatic rings. The van der Waals surface area contributed by atoms with Crippen LogP contribution in [0.15, 0.2) is 42.5 Å². The average molecular weight is 349 g/mol. The quantitative estimate of drug-likeness (QED) is 0.719. The first kappa shape index (κ1) is 17.1. The van der Waals surface area contributed by atoms with Crippen molar-refractivity contribution in [2.45, 2.75) is 32.5 Å². The van der Waals surface area contributed by atoms with Gasteiger partial charge in [0.25, 0.3) is 0 Å². The molecule has 132 valence electrons. The van der Waals surface area contributed by atoms with Crippen molar-refractivity contribution in [2.75, 3.05) is 10.6 Å². The van der Waals surface area contributed by atoms with Gasteiger partial charge in [-0.15, -0.1) is 5.10 Å². The normalized spacial score (nSPS) is 12.4. The summed E-state index contributed by atoms with van der Waals surface area (Å²) in [7, 11) is 0. The molecule has 0 aliphatic rings. The molecule has 0 bridgehead atoms. The Morgan fingerprint density at radius 3 is 2.24 bits per heavy atom. The van der Waals surface area contributed by atoms with Gasteiger partial charge in [-0.05, 0) is 57.2 Å². The van der Waals surface area contributed by atoms with E-state index >= 15 is 0 Å². The van der Waals surface area contributed by atoms with Gasteiger partial charge in [-0.1, -0.05) is 6.07 Å². The second kappa shape index (κ2) is 5.94. The number of hydrogen-bond acceptors (Lipinski definition) is 4. The lowest BCUT2D eigenvalue weighted by molar-refractivity contribution is -0.137. The van der Waals surface area contributed by atoms with E-state index < -0.39 is 11.7 Å². The van der Waals surface area contributed by atoms with Gasteiger partial charge in [0.15, 0.2) is 5.65 Å². The number of halogens is 3. The Hall–Kier alpha value is -2.77. The third-order valence-electron chi connectivity index (χ3n) is 3.33. The van der Waals surface area contributed by atoms with Crippen molar-refractivity contribution in [3.8, 4) is 0 Å². The Kier molecular flexibility index (Phi) is 4.06. The molecule has 25 heavy (non-hydrogen) atoms. The van der Waals surface area contributed by atoms with Crippen LogP contribution in [0.2, 0.25) is 0 Å². The van der Waals surface area contributed by atoms with Gasteiger partial charge >= 0.3 is 6.18 Å². The van der Waals surface area contributed by atoms with Gasteiger partial charge in [0.1, 0.15) is 5.82 Å². The highest BCUT2D eigenvalue weighted by molar-refractivity contribution is 5.58. The van der Waals surface area contributed by atoms with Crippen LogP contribution in [0.1, 0.15) is 26.3 Å². The molecular weight excluding hydrogens is 331 g/mol. The molecule has 1 aromatic carbocycles. The van der Waals surface area contributed by atoms with Gasteiger partial charge in [0.05, 0.1) is 5.56 Å². The van der Waals surface area contributed by atoms with Crippen LogP contribution in [0.3, 0.4) is 0 Å². The number of alkyl halides is 3. The Labute approximate surface area is 142 Å². The summed E-state index contributed by atoms with van der Waals surface area (Å²) < 4.78 is 39.5. The second-order valence-electron chi connectivity index (χ2n) is 6.69. The minimum absolute atomic E-state index is 0.152. The molecule has 0 aliphatic heterocycles. The molecule has 0 atom stereocenters. The summed E-state index contributed by atoms with van der Waals surface area (Å²) in [6.07, 6.45) is -4.35. The lowest BCUT2D eigenvalue weighted by Crippen LogP contribution is -2.27. The zero-order valence-electron chi connectivity index (χ0n) is 14.0. The number of fused-ring (bicyclic) bond motifs is 1. The lowest BCUT2D eigenvalue weighted by Gasteiger charge is -2.22. The van der Waals surface area contributed by atoms with Crippen molar-refractivity contribution in [3.63, 3.8) is 0 Å². The van der Waals surface area contributed by atoms with E-state index in [1.165, 1.54) is 12.1 Å². The molecule has 0 amide bonds. The van der Waals surface area contributed by atoms with E-state index in [0.29, 0.717) is 17.3 Å². The fraction of sp³-hybridized carbons (Fsp3) is 0.294. The highest BCUT2D eigenvalue weighted by Gasteiger charge is 2.29. The molecule has 2 N–H and O–H groups in total. The molecule has 0 aliphatic carbocycles. The first-order valence-corrected chi connectivity index (χ1v) is 7.70. The van der Waals surface area contributed by atoms with E-state index in [0.717, 1.165) is 18.0 Å². The molecule has 0 fully saturated rings. The molecule has 0 saturated heterocycles. The summed E-state index contributed by atoms with van der Waals surface area (Å²) >= 11 is 0. The molecule has 5 nitrogen and oxygen atoms in total. The first-order chi connectivity index (χ1) is 11.6. The van der Waals surface area contributed by atoms with Gasteiger partial charge < -0.3 is 10.6 Å². The van der Waals surface area contributed by atoms with Gasteiger partial charge in [0, 0.05) is 11.2 Å². The molecule has 2 heterocycles. The van der Waals surface area contributed by atoms with Crippen molar-refractivity contribution >= 4 is 23.1 Å². The molecule has 0 radical (unpaired) electrons. The number of hydrogen-bond donors (Lipinski definition) is 2. The van der Waals surface area contributed by atoms with Gasteiger partial charge in [-0.25, -0.2) is 0 Å². The maximum Gasteiger partial charge on any atom is 0.416 e. The van der Waals surface area contributed by atoms with E-state index in [1.54, 1.807) is 10.6 Å². The number of benzene rings is 1. The molecular formula is C17H18F3N5. The van der Waals surface area contributed by atoms with Crippen LogP contribution >= 0.6 is 0 Å². The summed E-state index contributed by atoms with van der Waals surface area (Å²) in [5, 5.41) is 10.6. The number of rotatable bonds is 3. The second-order valence-corrected chi connectivity index (χ2v) is 6.69. The minimum Gasteiger partial charge on any atom is -0.365 e. The van der Waals surface area contributed by atoms with Crippen LogP contribution < -0.4 is 10.6 Å². The van der Waals surface area contributed by atoms with Crippen LogP contribution in [-0.4, -0.2) is 20.1 Å². The molecule has 3 rings (SSSR count). The maximum absolute atomic E-state index is 12.6. The van der Waals surface area contributed by atoms with Crippen LogP contribution in [0.25, 0.3) is 5.65 Å². The highest BCUT2D eigenvalue weighted by atomic mass is 19.4. The molecule has 0 saturated carbocycles. The molecule has 2 aromatic heterocycles. The largest absolute Gasteiger partial charge is 0.416 e. The number of nitrogens with one attached hydrogen (secondary N) is 2. The third-order valence-corrected chi connectivity index (χ3v) is 3.33. The van der Waals surface area contributed by atoms with Crippen molar-refractivity contribution in [1.29, 1.82) is 0 Å². The number of nitrogens with zero attached hydrogens (tertiary/aromatic N) is 3. The van der Waals surface area contributed by atoms with E-state index in [9.17, 15) is 13.2 Å². The van der Waals surface area contributed by atoms with Crippen LogP contribution in [-0.2, 0) is 6.18 Å². The summed E-state index contributed by atoms with van der Waals surface area (Å²) in [5.41, 5.74) is 0.261. The lowest BCUT2D eigenvalue weighted by atomic mass is 10.1. The maximum atomic E-state index is 12.6. The standard InChI is InChI=1S/C17H18F3N5/c1-16(2,3)23-14-6-4-5-13-22-15(24-25(13)14)21-12-9-7-11(8-10-12)17(18,19)20/h4-10,23H,1-3H3,(H,21,24). The Bertz CT molecular complexity index is 876. The number of pyridine rings is 1. The van der Waals surface area contributed by atoms with Gasteiger partial charge in [-0.2, -0.15) is 22.7 Å². The molecule has 8 heteroatoms. The predicted molar refractivity (Wildman–Crippen MR) is 91.1 cm³/mol. The summed E-state index contributed by atoms with van der Waals surface area (Å²) in [4.78, 5) is 4.35. The van der Waals surface area contributed by atoms with Crippen molar-refractivity contribution in [2.24, 2.45) is 0 Å². The average Bonchev–Trinajstić information content (AvgIpc) is 2.89. The van der Waals surface area contributed by atoms with Crippen molar-refractivity contribution in [3.05, 3.63) is 48.0 Å². The number of aromatic nitrogens is 3. The first-order valence-electron chi connectivity index (χ1n) is 7.70. The monoisotopic (exact) mass is 349 g/mol. The molecule has 0 spiro atoms. The van der Waals surface area contributed by atoms with E-state index in [4.69, 9.17) is 0 Å². The van der Waals surface area contributed by atoms with Gasteiger partial charge in [0.2, 0.25) is 5.95 Å². The Balaban J connectivity index is 1.86. The predicted octanol–water partition coefficient (Wildman–Crippen LogP) is 4.70. The van der Waals surface area contributed by atoms with E-state index in [1.807, 2.05) is 32.9 Å². The topological polar surface area (TPSA) is 54.2 Å². The zero-order chi connectivity index (χ0) is 18.2. The van der Waals surface area contributed by atoms with Crippen LogP contribution in [0.4, 0.5) is 30.6 Å². The highest BCUT2D eigenvalue weighted by Crippen LogP contribution is 2.30. The Morgan fingerprint density at radius 2 is 1.64 bits per heavy atom. The van der Waals surface area contributed by atoms with E-state index in [2.05, 4.69) is 20.7 Å². The Morgan fingerprint density at radius 1 is 0.960 bits per heavy atom. The number of anilines is 3. The van der Waals surface area contributed by atoms with Crippen molar-refractivity contribution < 1.29 is 13.2 Å². The SMILES string of the molecule is CC(C)(C)Nc1cccc2nc(Nc3ccc(C(F)(F)F)cc3)nn12. The van der Waals surface area contributed by atoms with Gasteiger partial charge in [-0.3, -0.25) is 0 Å². The van der Waals surface area contributed by atoms with Crippen molar-refractivity contribution in [1.82, 2.24) is 14.6 Å². The van der Waals surface area contributed by atoms with Crippen LogP contribution in [0.5, 0.6) is 0 Å². The molecule has 0 unspecified atom stereocenters. The zero-order valence-corrected chi connectivity index (χ0v) is 14.0. The smallest absolute Gasteiger partial charge is 0.365 e. The third kappa shape index (κ3) is 4.01. The van der Waals surface area contributed by atoms with E-state index in [-0.39, 0.29) is 5.54 Å².